The van der Waals surface area contributed by atoms with Crippen molar-refractivity contribution in [1.82, 2.24) is 30.3 Å². The van der Waals surface area contributed by atoms with Crippen molar-refractivity contribution < 1.29 is 0 Å². The maximum absolute atomic E-state index is 4.44. The Morgan fingerprint density at radius 2 is 1.86 bits per heavy atom. The molecule has 6 heteroatoms. The van der Waals surface area contributed by atoms with E-state index >= 15 is 0 Å². The zero-order valence-corrected chi connectivity index (χ0v) is 11.8. The molecule has 0 atom stereocenters. The highest BCUT2D eigenvalue weighted by Gasteiger charge is 2.02. The molecule has 0 saturated carbocycles. The minimum atomic E-state index is 0.649. The van der Waals surface area contributed by atoms with Crippen LogP contribution < -0.4 is 5.32 Å². The van der Waals surface area contributed by atoms with Crippen LogP contribution in [0.15, 0.2) is 48.8 Å². The number of hydrogen-bond donors (Lipinski definition) is 1. The molecule has 1 N–H and O–H groups in total. The third-order valence-corrected chi connectivity index (χ3v) is 2.97. The van der Waals surface area contributed by atoms with E-state index in [4.69, 9.17) is 0 Å². The van der Waals surface area contributed by atoms with Crippen molar-refractivity contribution in [2.45, 2.75) is 20.0 Å². The van der Waals surface area contributed by atoms with E-state index in [1.54, 1.807) is 17.2 Å². The Labute approximate surface area is 122 Å². The Hall–Kier alpha value is -2.60. The van der Waals surface area contributed by atoms with Gasteiger partial charge in [-0.3, -0.25) is 0 Å². The van der Waals surface area contributed by atoms with E-state index in [1.807, 2.05) is 43.3 Å². The summed E-state index contributed by atoms with van der Waals surface area (Å²) in [4.78, 5) is 10.1. The minimum Gasteiger partial charge on any atom is -0.305 e. The highest BCUT2D eigenvalue weighted by molar-refractivity contribution is 5.28. The smallest absolute Gasteiger partial charge is 0.125 e. The third-order valence-electron chi connectivity index (χ3n) is 2.97. The van der Waals surface area contributed by atoms with Crippen LogP contribution in [-0.4, -0.2) is 25.0 Å². The van der Waals surface area contributed by atoms with Crippen LogP contribution in [0.2, 0.25) is 0 Å². The van der Waals surface area contributed by atoms with Crippen molar-refractivity contribution in [3.8, 4) is 5.69 Å². The van der Waals surface area contributed by atoms with E-state index in [1.165, 1.54) is 0 Å². The molecule has 0 aliphatic heterocycles. The molecule has 0 saturated heterocycles. The summed E-state index contributed by atoms with van der Waals surface area (Å²) in [5.41, 5.74) is 2.82. The number of hydrogen-bond acceptors (Lipinski definition) is 5. The van der Waals surface area contributed by atoms with Crippen LogP contribution in [0.3, 0.4) is 0 Å². The molecule has 0 spiro atoms. The van der Waals surface area contributed by atoms with Gasteiger partial charge in [0.2, 0.25) is 0 Å². The SMILES string of the molecule is Cc1nccc(CNCc2cnn(-c3ccccc3)n2)n1. The predicted molar refractivity (Wildman–Crippen MR) is 78.7 cm³/mol. The molecule has 2 heterocycles. The molecular formula is C15H16N6. The summed E-state index contributed by atoms with van der Waals surface area (Å²) in [5, 5.41) is 12.0. The molecule has 3 rings (SSSR count). The number of para-hydroxylation sites is 1. The lowest BCUT2D eigenvalue weighted by Gasteiger charge is -2.02. The monoisotopic (exact) mass is 280 g/mol. The second-order valence-corrected chi connectivity index (χ2v) is 4.66. The number of rotatable bonds is 5. The molecule has 1 aromatic carbocycles. The Morgan fingerprint density at radius 1 is 1.05 bits per heavy atom. The fraction of sp³-hybridized carbons (Fsp3) is 0.200. The molecule has 106 valence electrons. The zero-order chi connectivity index (χ0) is 14.5. The summed E-state index contributed by atoms with van der Waals surface area (Å²) in [6, 6.07) is 11.8. The van der Waals surface area contributed by atoms with Gasteiger partial charge in [0.05, 0.1) is 23.3 Å². The first-order chi connectivity index (χ1) is 10.3. The fourth-order valence-corrected chi connectivity index (χ4v) is 1.98. The van der Waals surface area contributed by atoms with Gasteiger partial charge in [-0.1, -0.05) is 18.2 Å². The van der Waals surface area contributed by atoms with Gasteiger partial charge in [0.25, 0.3) is 0 Å². The van der Waals surface area contributed by atoms with E-state index < -0.39 is 0 Å². The molecule has 0 aliphatic rings. The summed E-state index contributed by atoms with van der Waals surface area (Å²) in [6.07, 6.45) is 3.54. The summed E-state index contributed by atoms with van der Waals surface area (Å²) in [5.74, 6) is 0.782. The molecule has 2 aromatic heterocycles. The normalized spacial score (nSPS) is 10.7. The van der Waals surface area contributed by atoms with Crippen LogP contribution in [0, 0.1) is 6.92 Å². The van der Waals surface area contributed by atoms with Gasteiger partial charge in [-0.15, -0.1) is 0 Å². The van der Waals surface area contributed by atoms with Crippen LogP contribution >= 0.6 is 0 Å². The van der Waals surface area contributed by atoms with Crippen LogP contribution in [0.5, 0.6) is 0 Å². The van der Waals surface area contributed by atoms with E-state index in [2.05, 4.69) is 25.5 Å². The maximum atomic E-state index is 4.44. The quantitative estimate of drug-likeness (QED) is 0.769. The molecule has 6 nitrogen and oxygen atoms in total. The summed E-state index contributed by atoms with van der Waals surface area (Å²) >= 11 is 0. The molecule has 21 heavy (non-hydrogen) atoms. The highest BCUT2D eigenvalue weighted by Crippen LogP contribution is 2.04. The Balaban J connectivity index is 1.58. The number of aromatic nitrogens is 5. The maximum Gasteiger partial charge on any atom is 0.125 e. The van der Waals surface area contributed by atoms with Crippen molar-refractivity contribution in [1.29, 1.82) is 0 Å². The molecule has 0 fully saturated rings. The van der Waals surface area contributed by atoms with Gasteiger partial charge < -0.3 is 5.32 Å². The van der Waals surface area contributed by atoms with Gasteiger partial charge in [0.1, 0.15) is 5.82 Å². The largest absolute Gasteiger partial charge is 0.305 e. The van der Waals surface area contributed by atoms with Gasteiger partial charge in [0.15, 0.2) is 0 Å². The highest BCUT2D eigenvalue weighted by atomic mass is 15.5. The van der Waals surface area contributed by atoms with Crippen LogP contribution in [-0.2, 0) is 13.1 Å². The van der Waals surface area contributed by atoms with E-state index in [-0.39, 0.29) is 0 Å². The topological polar surface area (TPSA) is 68.5 Å². The molecule has 0 amide bonds. The van der Waals surface area contributed by atoms with Crippen molar-refractivity contribution in [3.05, 3.63) is 66.0 Å². The summed E-state index contributed by atoms with van der Waals surface area (Å²) in [6.45, 7) is 3.21. The van der Waals surface area contributed by atoms with E-state index in [0.29, 0.717) is 13.1 Å². The lowest BCUT2D eigenvalue weighted by atomic mass is 10.3. The second kappa shape index (κ2) is 6.23. The molecule has 0 unspecified atom stereocenters. The number of nitrogens with zero attached hydrogens (tertiary/aromatic N) is 5. The second-order valence-electron chi connectivity index (χ2n) is 4.66. The first-order valence-corrected chi connectivity index (χ1v) is 6.77. The van der Waals surface area contributed by atoms with Crippen molar-refractivity contribution in [3.63, 3.8) is 0 Å². The number of nitrogens with one attached hydrogen (secondary N) is 1. The van der Waals surface area contributed by atoms with E-state index in [9.17, 15) is 0 Å². The summed E-state index contributed by atoms with van der Waals surface area (Å²) < 4.78 is 0. The van der Waals surface area contributed by atoms with Crippen LogP contribution in [0.1, 0.15) is 17.2 Å². The van der Waals surface area contributed by atoms with Gasteiger partial charge in [-0.2, -0.15) is 15.0 Å². The third kappa shape index (κ3) is 3.49. The molecule has 0 aliphatic carbocycles. The van der Waals surface area contributed by atoms with Gasteiger partial charge >= 0.3 is 0 Å². The number of aryl methyl sites for hydroxylation is 1. The Bertz CT molecular complexity index is 707. The number of benzene rings is 1. The average molecular weight is 280 g/mol. The fourth-order valence-electron chi connectivity index (χ4n) is 1.98. The lowest BCUT2D eigenvalue weighted by Crippen LogP contribution is -2.14. The van der Waals surface area contributed by atoms with Crippen LogP contribution in [0.25, 0.3) is 5.69 Å². The minimum absolute atomic E-state index is 0.649. The standard InChI is InChI=1S/C15H16N6/c1-12-17-8-7-13(19-12)9-16-10-14-11-18-21(20-14)15-5-3-2-4-6-15/h2-8,11,16H,9-10H2,1H3. The predicted octanol–water partition coefficient (Wildman–Crippen LogP) is 1.66. The van der Waals surface area contributed by atoms with Gasteiger partial charge in [-0.05, 0) is 25.1 Å². The molecular weight excluding hydrogens is 264 g/mol. The molecule has 0 bridgehead atoms. The van der Waals surface area contributed by atoms with Crippen molar-refractivity contribution in [2.75, 3.05) is 0 Å². The average Bonchev–Trinajstić information content (AvgIpc) is 2.97. The van der Waals surface area contributed by atoms with Crippen molar-refractivity contribution >= 4 is 0 Å². The van der Waals surface area contributed by atoms with Crippen molar-refractivity contribution in [2.24, 2.45) is 0 Å². The Kier molecular flexibility index (Phi) is 3.97. The molecule has 3 aromatic rings. The van der Waals surface area contributed by atoms with E-state index in [0.717, 1.165) is 22.9 Å². The van der Waals surface area contributed by atoms with Crippen LogP contribution in [0.4, 0.5) is 0 Å². The van der Waals surface area contributed by atoms with Gasteiger partial charge in [0, 0.05) is 19.3 Å². The van der Waals surface area contributed by atoms with Gasteiger partial charge in [-0.25, -0.2) is 9.97 Å². The first kappa shape index (κ1) is 13.4. The zero-order valence-electron chi connectivity index (χ0n) is 11.8. The summed E-state index contributed by atoms with van der Waals surface area (Å²) in [7, 11) is 0. The molecule has 0 radical (unpaired) electrons. The lowest BCUT2D eigenvalue weighted by molar-refractivity contribution is 0.650. The first-order valence-electron chi connectivity index (χ1n) is 6.77. The Morgan fingerprint density at radius 3 is 2.67 bits per heavy atom.